The van der Waals surface area contributed by atoms with Crippen LogP contribution in [-0.2, 0) is 0 Å². The fourth-order valence-electron chi connectivity index (χ4n) is 2.10. The molecule has 0 aliphatic rings. The molecule has 0 aliphatic carbocycles. The van der Waals surface area contributed by atoms with Crippen molar-refractivity contribution >= 4 is 5.69 Å². The summed E-state index contributed by atoms with van der Waals surface area (Å²) >= 11 is 0. The number of aromatic nitrogens is 6. The molecular weight excluding hydrogens is 266 g/mol. The van der Waals surface area contributed by atoms with E-state index >= 15 is 0 Å². The van der Waals surface area contributed by atoms with Gasteiger partial charge in [-0.1, -0.05) is 0 Å². The summed E-state index contributed by atoms with van der Waals surface area (Å²) in [7, 11) is 0. The zero-order valence-corrected chi connectivity index (χ0v) is 11.8. The van der Waals surface area contributed by atoms with Gasteiger partial charge in [-0.05, 0) is 26.0 Å². The average molecular weight is 281 g/mol. The molecule has 1 N–H and O–H groups in total. The Labute approximate surface area is 122 Å². The number of nitrogens with one attached hydrogen (secondary N) is 1. The summed E-state index contributed by atoms with van der Waals surface area (Å²) in [5.41, 5.74) is 2.76. The lowest BCUT2D eigenvalue weighted by atomic mass is 10.2. The van der Waals surface area contributed by atoms with Crippen molar-refractivity contribution in [3.05, 3.63) is 54.8 Å². The van der Waals surface area contributed by atoms with Crippen LogP contribution in [0.15, 0.2) is 43.4 Å². The van der Waals surface area contributed by atoms with Crippen LogP contribution in [0.5, 0.6) is 0 Å². The zero-order valence-electron chi connectivity index (χ0n) is 11.8. The minimum absolute atomic E-state index is 0.0534. The first-order chi connectivity index (χ1) is 10.2. The number of rotatable bonds is 4. The Bertz CT molecular complexity index is 706. The van der Waals surface area contributed by atoms with Gasteiger partial charge in [0.05, 0.1) is 29.3 Å². The number of aryl methyl sites for hydroxylation is 1. The molecule has 0 saturated carbocycles. The number of hydrogen-bond acceptors (Lipinski definition) is 6. The zero-order chi connectivity index (χ0) is 14.7. The molecule has 3 aromatic rings. The Morgan fingerprint density at radius 2 is 2.00 bits per heavy atom. The third-order valence-electron chi connectivity index (χ3n) is 3.11. The van der Waals surface area contributed by atoms with Crippen molar-refractivity contribution in [3.8, 4) is 5.82 Å². The Hall–Kier alpha value is -2.83. The maximum atomic E-state index is 4.36. The van der Waals surface area contributed by atoms with E-state index in [9.17, 15) is 0 Å². The summed E-state index contributed by atoms with van der Waals surface area (Å²) < 4.78 is 1.61. The lowest BCUT2D eigenvalue weighted by Crippen LogP contribution is -2.11. The van der Waals surface area contributed by atoms with Gasteiger partial charge in [-0.25, -0.2) is 14.6 Å². The molecule has 0 spiro atoms. The van der Waals surface area contributed by atoms with Gasteiger partial charge in [0.25, 0.3) is 0 Å². The van der Waals surface area contributed by atoms with E-state index in [0.29, 0.717) is 0 Å². The van der Waals surface area contributed by atoms with E-state index in [4.69, 9.17) is 0 Å². The highest BCUT2D eigenvalue weighted by Crippen LogP contribution is 2.18. The van der Waals surface area contributed by atoms with Crippen molar-refractivity contribution in [1.82, 2.24) is 29.7 Å². The minimum atomic E-state index is 0.0534. The van der Waals surface area contributed by atoms with Crippen LogP contribution in [0.2, 0.25) is 0 Å². The Morgan fingerprint density at radius 3 is 2.67 bits per heavy atom. The Morgan fingerprint density at radius 1 is 1.14 bits per heavy atom. The SMILES string of the molecule is Cc1nccnc1C(C)Nc1ccc(-n2cncn2)nc1. The van der Waals surface area contributed by atoms with Crippen molar-refractivity contribution in [2.24, 2.45) is 0 Å². The maximum Gasteiger partial charge on any atom is 0.155 e. The predicted molar refractivity (Wildman–Crippen MR) is 78.0 cm³/mol. The van der Waals surface area contributed by atoms with E-state index in [1.165, 1.54) is 6.33 Å². The van der Waals surface area contributed by atoms with Crippen LogP contribution in [0.3, 0.4) is 0 Å². The topological polar surface area (TPSA) is 81.4 Å². The van der Waals surface area contributed by atoms with Gasteiger partial charge in [-0.15, -0.1) is 0 Å². The molecule has 0 aromatic carbocycles. The fraction of sp³-hybridized carbons (Fsp3) is 0.214. The quantitative estimate of drug-likeness (QED) is 0.787. The molecular formula is C14H15N7. The normalized spacial score (nSPS) is 12.1. The van der Waals surface area contributed by atoms with Crippen molar-refractivity contribution in [2.75, 3.05) is 5.32 Å². The van der Waals surface area contributed by atoms with E-state index in [1.807, 2.05) is 26.0 Å². The smallest absolute Gasteiger partial charge is 0.155 e. The van der Waals surface area contributed by atoms with Crippen molar-refractivity contribution in [3.63, 3.8) is 0 Å². The number of hydrogen-bond donors (Lipinski definition) is 1. The van der Waals surface area contributed by atoms with Gasteiger partial charge in [-0.2, -0.15) is 5.10 Å². The largest absolute Gasteiger partial charge is 0.376 e. The highest BCUT2D eigenvalue weighted by atomic mass is 15.3. The molecule has 7 heteroatoms. The van der Waals surface area contributed by atoms with Gasteiger partial charge in [0.1, 0.15) is 12.7 Å². The fourth-order valence-corrected chi connectivity index (χ4v) is 2.10. The summed E-state index contributed by atoms with van der Waals surface area (Å²) in [6.07, 6.45) is 8.25. The van der Waals surface area contributed by atoms with E-state index < -0.39 is 0 Å². The summed E-state index contributed by atoms with van der Waals surface area (Å²) in [4.78, 5) is 16.9. The molecule has 21 heavy (non-hydrogen) atoms. The van der Waals surface area contributed by atoms with E-state index in [0.717, 1.165) is 22.9 Å². The lowest BCUT2D eigenvalue weighted by molar-refractivity contribution is 0.806. The molecule has 0 radical (unpaired) electrons. The average Bonchev–Trinajstić information content (AvgIpc) is 3.02. The molecule has 3 rings (SSSR count). The summed E-state index contributed by atoms with van der Waals surface area (Å²) in [6, 6.07) is 3.89. The molecule has 106 valence electrons. The number of anilines is 1. The van der Waals surface area contributed by atoms with Gasteiger partial charge in [0.15, 0.2) is 5.82 Å². The van der Waals surface area contributed by atoms with Gasteiger partial charge in [0.2, 0.25) is 0 Å². The molecule has 0 bridgehead atoms. The molecule has 0 aliphatic heterocycles. The first kappa shape index (κ1) is 13.2. The molecule has 1 atom stereocenters. The molecule has 3 heterocycles. The van der Waals surface area contributed by atoms with E-state index in [-0.39, 0.29) is 6.04 Å². The summed E-state index contributed by atoms with van der Waals surface area (Å²) in [5.74, 6) is 0.724. The second-order valence-corrected chi connectivity index (χ2v) is 4.64. The number of pyridine rings is 1. The predicted octanol–water partition coefficient (Wildman–Crippen LogP) is 1.93. The minimum Gasteiger partial charge on any atom is -0.376 e. The molecule has 7 nitrogen and oxygen atoms in total. The Balaban J connectivity index is 1.75. The molecule has 0 saturated heterocycles. The highest BCUT2D eigenvalue weighted by Gasteiger charge is 2.10. The van der Waals surface area contributed by atoms with Crippen LogP contribution in [0.25, 0.3) is 5.82 Å². The van der Waals surface area contributed by atoms with Crippen LogP contribution < -0.4 is 5.32 Å². The highest BCUT2D eigenvalue weighted by molar-refractivity contribution is 5.45. The molecule has 3 aromatic heterocycles. The second-order valence-electron chi connectivity index (χ2n) is 4.64. The Kier molecular flexibility index (Phi) is 3.55. The van der Waals surface area contributed by atoms with Crippen LogP contribution in [0.1, 0.15) is 24.4 Å². The van der Waals surface area contributed by atoms with Crippen LogP contribution >= 0.6 is 0 Å². The molecule has 0 fully saturated rings. The third-order valence-corrected chi connectivity index (χ3v) is 3.11. The van der Waals surface area contributed by atoms with Crippen molar-refractivity contribution < 1.29 is 0 Å². The van der Waals surface area contributed by atoms with Crippen molar-refractivity contribution in [2.45, 2.75) is 19.9 Å². The first-order valence-electron chi connectivity index (χ1n) is 6.59. The van der Waals surface area contributed by atoms with Gasteiger partial charge >= 0.3 is 0 Å². The van der Waals surface area contributed by atoms with Crippen molar-refractivity contribution in [1.29, 1.82) is 0 Å². The lowest BCUT2D eigenvalue weighted by Gasteiger charge is -2.15. The van der Waals surface area contributed by atoms with Gasteiger partial charge in [0, 0.05) is 12.4 Å². The van der Waals surface area contributed by atoms with Crippen LogP contribution in [0.4, 0.5) is 5.69 Å². The number of nitrogens with zero attached hydrogens (tertiary/aromatic N) is 6. The summed E-state index contributed by atoms with van der Waals surface area (Å²) in [6.45, 7) is 3.99. The maximum absolute atomic E-state index is 4.36. The van der Waals surface area contributed by atoms with E-state index in [1.54, 1.807) is 29.6 Å². The monoisotopic (exact) mass is 281 g/mol. The molecule has 1 unspecified atom stereocenters. The van der Waals surface area contributed by atoms with Gasteiger partial charge in [-0.3, -0.25) is 9.97 Å². The third kappa shape index (κ3) is 2.86. The molecule has 0 amide bonds. The van der Waals surface area contributed by atoms with Crippen LogP contribution in [-0.4, -0.2) is 29.7 Å². The van der Waals surface area contributed by atoms with Crippen LogP contribution in [0, 0.1) is 6.92 Å². The second kappa shape index (κ2) is 5.66. The standard InChI is InChI=1S/C14H15N7/c1-10-14(17-6-5-16-10)11(2)20-12-3-4-13(18-7-12)21-9-15-8-19-21/h3-9,11,20H,1-2H3. The first-order valence-corrected chi connectivity index (χ1v) is 6.59. The van der Waals surface area contributed by atoms with Gasteiger partial charge < -0.3 is 5.32 Å². The summed E-state index contributed by atoms with van der Waals surface area (Å²) in [5, 5.41) is 7.40. The van der Waals surface area contributed by atoms with E-state index in [2.05, 4.69) is 30.4 Å².